The minimum absolute atomic E-state index is 0.0504. The molecule has 7 nitrogen and oxygen atoms in total. The Balaban J connectivity index is 1.31. The molecule has 36 heavy (non-hydrogen) atoms. The molecular formula is C23H19ClF4N4O3S. The number of rotatable bonds is 4. The van der Waals surface area contributed by atoms with Gasteiger partial charge >= 0.3 is 6.18 Å². The molecule has 0 aliphatic carbocycles. The number of aromatic nitrogens is 1. The number of anilines is 1. The van der Waals surface area contributed by atoms with Crippen LogP contribution in [-0.4, -0.2) is 41.0 Å². The summed E-state index contributed by atoms with van der Waals surface area (Å²) in [5.41, 5.74) is -2.31. The van der Waals surface area contributed by atoms with Crippen LogP contribution in [0.15, 0.2) is 35.1 Å². The van der Waals surface area contributed by atoms with Crippen molar-refractivity contribution in [2.75, 3.05) is 31.1 Å². The second-order valence-corrected chi connectivity index (χ2v) is 10.7. The van der Waals surface area contributed by atoms with E-state index in [4.69, 9.17) is 11.6 Å². The third kappa shape index (κ3) is 4.64. The highest BCUT2D eigenvalue weighted by atomic mass is 35.5. The number of alkyl halides is 3. The Labute approximate surface area is 211 Å². The molecule has 2 fully saturated rings. The average molecular weight is 543 g/mol. The van der Waals surface area contributed by atoms with E-state index in [9.17, 15) is 32.5 Å². The molecule has 0 N–H and O–H groups in total. The van der Waals surface area contributed by atoms with Gasteiger partial charge in [-0.15, -0.1) is 0 Å². The van der Waals surface area contributed by atoms with Crippen LogP contribution >= 0.6 is 22.9 Å². The van der Waals surface area contributed by atoms with Crippen molar-refractivity contribution in [2.45, 2.75) is 25.6 Å². The van der Waals surface area contributed by atoms with Gasteiger partial charge in [-0.3, -0.25) is 19.8 Å². The fraction of sp³-hybridized carbons (Fsp3) is 0.391. The number of nitrogens with zero attached hydrogens (tertiary/aromatic N) is 4. The van der Waals surface area contributed by atoms with E-state index >= 15 is 0 Å². The Kier molecular flexibility index (Phi) is 6.16. The zero-order valence-corrected chi connectivity index (χ0v) is 20.2. The summed E-state index contributed by atoms with van der Waals surface area (Å²) in [7, 11) is 0. The van der Waals surface area contributed by atoms with Gasteiger partial charge in [0.05, 0.1) is 15.9 Å². The highest BCUT2D eigenvalue weighted by Crippen LogP contribution is 2.43. The van der Waals surface area contributed by atoms with Gasteiger partial charge in [0, 0.05) is 49.4 Å². The van der Waals surface area contributed by atoms with E-state index in [1.54, 1.807) is 12.1 Å². The lowest BCUT2D eigenvalue weighted by molar-refractivity contribution is -0.383. The smallest absolute Gasteiger partial charge is 0.348 e. The standard InChI is InChI=1S/C23H19ClF4N4O3S/c24-15-2-1-13(17(25)9-15)10-30-11-22(12-30)3-5-31(6-4-22)21-29-20(33)16-7-14(23(26,27)28)8-18(32(34)35)19(16)36-21/h1-2,7-9H,3-6,10-12H2. The van der Waals surface area contributed by atoms with Gasteiger partial charge in [0.25, 0.3) is 11.2 Å². The SMILES string of the molecule is O=c1nc(N2CCC3(CC2)CN(Cc2ccc(Cl)cc2F)C3)sc2c([N+](=O)[O-])cc(C(F)(F)F)cc12. The van der Waals surface area contributed by atoms with Crippen molar-refractivity contribution in [3.05, 3.63) is 72.8 Å². The van der Waals surface area contributed by atoms with Crippen molar-refractivity contribution < 1.29 is 22.5 Å². The fourth-order valence-corrected chi connectivity index (χ4v) is 6.24. The van der Waals surface area contributed by atoms with Gasteiger partial charge in [-0.05, 0) is 36.5 Å². The molecule has 0 radical (unpaired) electrons. The molecule has 2 aromatic carbocycles. The van der Waals surface area contributed by atoms with Crippen LogP contribution in [0.5, 0.6) is 0 Å². The molecule has 2 aliphatic rings. The van der Waals surface area contributed by atoms with E-state index in [-0.39, 0.29) is 21.1 Å². The van der Waals surface area contributed by atoms with E-state index in [1.807, 2.05) is 4.90 Å². The monoisotopic (exact) mass is 542 g/mol. The lowest BCUT2D eigenvalue weighted by atomic mass is 9.72. The van der Waals surface area contributed by atoms with Crippen LogP contribution in [0, 0.1) is 21.3 Å². The molecular weight excluding hydrogens is 524 g/mol. The van der Waals surface area contributed by atoms with Crippen molar-refractivity contribution in [3.8, 4) is 0 Å². The van der Waals surface area contributed by atoms with E-state index in [0.717, 1.165) is 37.3 Å². The van der Waals surface area contributed by atoms with E-state index < -0.39 is 33.3 Å². The lowest BCUT2D eigenvalue weighted by Gasteiger charge is -2.54. The Morgan fingerprint density at radius 2 is 1.86 bits per heavy atom. The van der Waals surface area contributed by atoms with Crippen molar-refractivity contribution in [3.63, 3.8) is 0 Å². The number of hydrogen-bond donors (Lipinski definition) is 0. The summed E-state index contributed by atoms with van der Waals surface area (Å²) >= 11 is 6.67. The van der Waals surface area contributed by atoms with Crippen LogP contribution in [0.1, 0.15) is 24.0 Å². The zero-order chi connectivity index (χ0) is 25.8. The summed E-state index contributed by atoms with van der Waals surface area (Å²) in [4.78, 5) is 31.1. The first-order valence-corrected chi connectivity index (χ1v) is 12.3. The number of piperidine rings is 1. The van der Waals surface area contributed by atoms with Crippen LogP contribution in [-0.2, 0) is 12.7 Å². The Morgan fingerprint density at radius 3 is 2.47 bits per heavy atom. The molecule has 13 heteroatoms. The van der Waals surface area contributed by atoms with Gasteiger partial charge in [-0.2, -0.15) is 18.2 Å². The van der Waals surface area contributed by atoms with Crippen LogP contribution in [0.25, 0.3) is 10.1 Å². The second-order valence-electron chi connectivity index (χ2n) is 9.30. The van der Waals surface area contributed by atoms with E-state index in [1.165, 1.54) is 6.07 Å². The topological polar surface area (TPSA) is 79.6 Å². The Morgan fingerprint density at radius 1 is 1.17 bits per heavy atom. The molecule has 190 valence electrons. The highest BCUT2D eigenvalue weighted by molar-refractivity contribution is 7.22. The molecule has 2 saturated heterocycles. The predicted octanol–water partition coefficient (Wildman–Crippen LogP) is 5.48. The van der Waals surface area contributed by atoms with Gasteiger partial charge in [0.1, 0.15) is 10.5 Å². The Hall–Kier alpha value is -2.83. The van der Waals surface area contributed by atoms with Gasteiger partial charge < -0.3 is 4.90 Å². The Bertz CT molecular complexity index is 1410. The number of likely N-dealkylation sites (tertiary alicyclic amines) is 1. The third-order valence-electron chi connectivity index (χ3n) is 6.84. The van der Waals surface area contributed by atoms with Gasteiger partial charge in [0.15, 0.2) is 5.13 Å². The number of nitro benzene ring substituents is 1. The zero-order valence-electron chi connectivity index (χ0n) is 18.6. The van der Waals surface area contributed by atoms with E-state index in [0.29, 0.717) is 42.4 Å². The van der Waals surface area contributed by atoms with Crippen molar-refractivity contribution >= 4 is 43.8 Å². The molecule has 1 spiro atoms. The normalized spacial score (nSPS) is 18.0. The quantitative estimate of drug-likeness (QED) is 0.247. The summed E-state index contributed by atoms with van der Waals surface area (Å²) in [5, 5.41) is 11.7. The van der Waals surface area contributed by atoms with Crippen molar-refractivity contribution in [1.29, 1.82) is 0 Å². The lowest BCUT2D eigenvalue weighted by Crippen LogP contribution is -2.59. The second kappa shape index (κ2) is 8.93. The summed E-state index contributed by atoms with van der Waals surface area (Å²) in [6.45, 7) is 3.15. The summed E-state index contributed by atoms with van der Waals surface area (Å²) < 4.78 is 53.5. The first kappa shape index (κ1) is 24.8. The van der Waals surface area contributed by atoms with Gasteiger partial charge in [-0.1, -0.05) is 29.0 Å². The molecule has 5 rings (SSSR count). The summed E-state index contributed by atoms with van der Waals surface area (Å²) in [6.07, 6.45) is -3.27. The molecule has 0 bridgehead atoms. The molecule has 0 amide bonds. The molecule has 0 saturated carbocycles. The fourth-order valence-electron chi connectivity index (χ4n) is 4.97. The van der Waals surface area contributed by atoms with Crippen LogP contribution < -0.4 is 10.5 Å². The first-order valence-electron chi connectivity index (χ1n) is 11.1. The summed E-state index contributed by atoms with van der Waals surface area (Å²) in [6, 6.07) is 5.70. The minimum Gasteiger partial charge on any atom is -0.348 e. The maximum atomic E-state index is 14.1. The highest BCUT2D eigenvalue weighted by Gasteiger charge is 2.45. The number of halogens is 5. The van der Waals surface area contributed by atoms with E-state index in [2.05, 4.69) is 9.88 Å². The predicted molar refractivity (Wildman–Crippen MR) is 128 cm³/mol. The number of fused-ring (bicyclic) bond motifs is 1. The van der Waals surface area contributed by atoms with Crippen molar-refractivity contribution in [1.82, 2.24) is 9.88 Å². The number of hydrogen-bond acceptors (Lipinski definition) is 7. The molecule has 0 atom stereocenters. The van der Waals surface area contributed by atoms with Crippen LogP contribution in [0.2, 0.25) is 5.02 Å². The number of non-ortho nitro benzene ring substituents is 1. The first-order chi connectivity index (χ1) is 16.9. The van der Waals surface area contributed by atoms with Crippen LogP contribution in [0.4, 0.5) is 28.4 Å². The van der Waals surface area contributed by atoms with Crippen LogP contribution in [0.3, 0.4) is 0 Å². The largest absolute Gasteiger partial charge is 0.416 e. The molecule has 3 aromatic rings. The average Bonchev–Trinajstić information content (AvgIpc) is 2.78. The maximum absolute atomic E-state index is 14.1. The third-order valence-corrected chi connectivity index (χ3v) is 8.24. The number of nitro groups is 1. The molecule has 1 aromatic heterocycles. The summed E-state index contributed by atoms with van der Waals surface area (Å²) in [5.74, 6) is -0.341. The molecule has 0 unspecified atom stereocenters. The van der Waals surface area contributed by atoms with Crippen molar-refractivity contribution in [2.24, 2.45) is 5.41 Å². The maximum Gasteiger partial charge on any atom is 0.416 e. The molecule has 3 heterocycles. The number of benzene rings is 2. The van der Waals surface area contributed by atoms with Gasteiger partial charge in [0.2, 0.25) is 0 Å². The van der Waals surface area contributed by atoms with Gasteiger partial charge in [-0.25, -0.2) is 4.39 Å². The molecule has 2 aliphatic heterocycles. The minimum atomic E-state index is -4.83.